The van der Waals surface area contributed by atoms with Crippen molar-refractivity contribution in [2.45, 2.75) is 33.2 Å². The van der Waals surface area contributed by atoms with Crippen LogP contribution in [0, 0.1) is 13.8 Å². The van der Waals surface area contributed by atoms with E-state index in [1.807, 2.05) is 19.1 Å². The van der Waals surface area contributed by atoms with Crippen molar-refractivity contribution in [3.8, 4) is 0 Å². The standard InChI is InChI=1S/C21H26N4O3/c1-5-22-21(27)24(4)13-20(26)25-18(19-7-6-10-28-19)12-17(23-25)16-9-8-14(2)15(3)11-16/h6-11,18H,5,12-13H2,1-4H3,(H,22,27). The number of furan rings is 1. The number of hydrogen-bond acceptors (Lipinski definition) is 4. The van der Waals surface area contributed by atoms with E-state index in [4.69, 9.17) is 4.42 Å². The third-order valence-electron chi connectivity index (χ3n) is 4.92. The van der Waals surface area contributed by atoms with Crippen molar-refractivity contribution in [1.29, 1.82) is 0 Å². The van der Waals surface area contributed by atoms with Gasteiger partial charge in [-0.2, -0.15) is 5.10 Å². The van der Waals surface area contributed by atoms with Gasteiger partial charge in [0.2, 0.25) is 0 Å². The Kier molecular flexibility index (Phi) is 5.82. The number of carbonyl (C=O) groups excluding carboxylic acids is 2. The van der Waals surface area contributed by atoms with E-state index in [1.165, 1.54) is 21.0 Å². The molecule has 7 nitrogen and oxygen atoms in total. The SMILES string of the molecule is CCNC(=O)N(C)CC(=O)N1N=C(c2ccc(C)c(C)c2)CC1c1ccco1. The first-order valence-electron chi connectivity index (χ1n) is 9.40. The lowest BCUT2D eigenvalue weighted by molar-refractivity contribution is -0.133. The lowest BCUT2D eigenvalue weighted by atomic mass is 9.99. The zero-order chi connectivity index (χ0) is 20.3. The van der Waals surface area contributed by atoms with Gasteiger partial charge in [-0.1, -0.05) is 12.1 Å². The Hall–Kier alpha value is -3.09. The number of hydrazone groups is 1. The van der Waals surface area contributed by atoms with Gasteiger partial charge in [-0.15, -0.1) is 0 Å². The van der Waals surface area contributed by atoms with E-state index in [2.05, 4.69) is 36.4 Å². The number of carbonyl (C=O) groups is 2. The molecule has 0 radical (unpaired) electrons. The summed E-state index contributed by atoms with van der Waals surface area (Å²) in [6, 6.07) is 9.20. The van der Waals surface area contributed by atoms with Crippen molar-refractivity contribution in [2.75, 3.05) is 20.1 Å². The second-order valence-corrected chi connectivity index (χ2v) is 7.01. The summed E-state index contributed by atoms with van der Waals surface area (Å²) in [4.78, 5) is 26.2. The maximum Gasteiger partial charge on any atom is 0.317 e. The van der Waals surface area contributed by atoms with Crippen molar-refractivity contribution in [2.24, 2.45) is 5.10 Å². The first-order chi connectivity index (χ1) is 13.4. The second kappa shape index (κ2) is 8.29. The minimum atomic E-state index is -0.318. The molecule has 1 N–H and O–H groups in total. The molecule has 1 unspecified atom stereocenters. The maximum atomic E-state index is 12.9. The van der Waals surface area contributed by atoms with Gasteiger partial charge in [-0.3, -0.25) is 4.79 Å². The largest absolute Gasteiger partial charge is 0.467 e. The summed E-state index contributed by atoms with van der Waals surface area (Å²) < 4.78 is 5.56. The number of rotatable bonds is 5. The third kappa shape index (κ3) is 4.08. The highest BCUT2D eigenvalue weighted by Crippen LogP contribution is 2.33. The molecule has 0 spiro atoms. The zero-order valence-corrected chi connectivity index (χ0v) is 16.7. The van der Waals surface area contributed by atoms with Gasteiger partial charge in [0.05, 0.1) is 12.0 Å². The van der Waals surface area contributed by atoms with Gasteiger partial charge in [0.15, 0.2) is 0 Å². The van der Waals surface area contributed by atoms with Crippen molar-refractivity contribution >= 4 is 17.6 Å². The fraction of sp³-hybridized carbons (Fsp3) is 0.381. The lowest BCUT2D eigenvalue weighted by Gasteiger charge is -2.23. The van der Waals surface area contributed by atoms with E-state index in [0.29, 0.717) is 18.7 Å². The first-order valence-corrected chi connectivity index (χ1v) is 9.40. The molecule has 0 bridgehead atoms. The summed E-state index contributed by atoms with van der Waals surface area (Å²) in [6.45, 7) is 6.40. The molecule has 2 heterocycles. The van der Waals surface area contributed by atoms with Crippen LogP contribution in [-0.2, 0) is 4.79 Å². The van der Waals surface area contributed by atoms with Crippen LogP contribution in [0.3, 0.4) is 0 Å². The van der Waals surface area contributed by atoms with Gasteiger partial charge in [-0.05, 0) is 55.7 Å². The predicted octanol–water partition coefficient (Wildman–Crippen LogP) is 3.24. The van der Waals surface area contributed by atoms with Crippen molar-refractivity contribution < 1.29 is 14.0 Å². The fourth-order valence-electron chi connectivity index (χ4n) is 3.17. The molecule has 1 aromatic heterocycles. The van der Waals surface area contributed by atoms with Crippen LogP contribution < -0.4 is 5.32 Å². The van der Waals surface area contributed by atoms with Crippen LogP contribution in [-0.4, -0.2) is 47.7 Å². The minimum Gasteiger partial charge on any atom is -0.467 e. The van der Waals surface area contributed by atoms with Crippen LogP contribution in [0.4, 0.5) is 4.79 Å². The van der Waals surface area contributed by atoms with E-state index in [9.17, 15) is 9.59 Å². The molecule has 0 fully saturated rings. The Morgan fingerprint density at radius 3 is 2.71 bits per heavy atom. The predicted molar refractivity (Wildman–Crippen MR) is 107 cm³/mol. The summed E-state index contributed by atoms with van der Waals surface area (Å²) in [5, 5.41) is 8.74. The normalized spacial score (nSPS) is 16.1. The summed E-state index contributed by atoms with van der Waals surface area (Å²) >= 11 is 0. The Morgan fingerprint density at radius 2 is 2.07 bits per heavy atom. The molecular formula is C21H26N4O3. The van der Waals surface area contributed by atoms with Crippen LogP contribution >= 0.6 is 0 Å². The first kappa shape index (κ1) is 19.7. The van der Waals surface area contributed by atoms with Gasteiger partial charge in [-0.25, -0.2) is 9.80 Å². The Morgan fingerprint density at radius 1 is 1.29 bits per heavy atom. The molecule has 28 heavy (non-hydrogen) atoms. The molecule has 0 aliphatic carbocycles. The third-order valence-corrected chi connectivity index (χ3v) is 4.92. The molecule has 3 amide bonds. The summed E-state index contributed by atoms with van der Waals surface area (Å²) in [5.41, 5.74) is 4.21. The van der Waals surface area contributed by atoms with Crippen molar-refractivity contribution in [3.63, 3.8) is 0 Å². The number of likely N-dealkylation sites (N-methyl/N-ethyl adjacent to an activating group) is 1. The Labute approximate surface area is 165 Å². The molecular weight excluding hydrogens is 356 g/mol. The van der Waals surface area contributed by atoms with Crippen LogP contribution in [0.15, 0.2) is 46.1 Å². The van der Waals surface area contributed by atoms with Crippen LogP contribution in [0.1, 0.15) is 41.8 Å². The smallest absolute Gasteiger partial charge is 0.317 e. The van der Waals surface area contributed by atoms with Crippen molar-refractivity contribution in [3.05, 3.63) is 59.0 Å². The highest BCUT2D eigenvalue weighted by atomic mass is 16.3. The topological polar surface area (TPSA) is 78.2 Å². The number of hydrogen-bond donors (Lipinski definition) is 1. The lowest BCUT2D eigenvalue weighted by Crippen LogP contribution is -2.43. The molecule has 1 aromatic carbocycles. The van der Waals surface area contributed by atoms with Gasteiger partial charge in [0.1, 0.15) is 18.3 Å². The fourth-order valence-corrected chi connectivity index (χ4v) is 3.17. The average Bonchev–Trinajstić information content (AvgIpc) is 3.33. The molecule has 0 saturated heterocycles. The number of urea groups is 1. The van der Waals surface area contributed by atoms with E-state index >= 15 is 0 Å². The van der Waals surface area contributed by atoms with E-state index in [-0.39, 0.29) is 24.5 Å². The van der Waals surface area contributed by atoms with Gasteiger partial charge >= 0.3 is 6.03 Å². The average molecular weight is 382 g/mol. The monoisotopic (exact) mass is 382 g/mol. The van der Waals surface area contributed by atoms with E-state index in [1.54, 1.807) is 19.4 Å². The number of benzene rings is 1. The van der Waals surface area contributed by atoms with Crippen molar-refractivity contribution in [1.82, 2.24) is 15.2 Å². The number of aryl methyl sites for hydroxylation is 2. The molecule has 2 aromatic rings. The van der Waals surface area contributed by atoms with E-state index < -0.39 is 0 Å². The number of amides is 3. The minimum absolute atomic E-state index is 0.0628. The van der Waals surface area contributed by atoms with Crippen LogP contribution in [0.5, 0.6) is 0 Å². The van der Waals surface area contributed by atoms with Gasteiger partial charge in [0.25, 0.3) is 5.91 Å². The number of nitrogens with zero attached hydrogens (tertiary/aromatic N) is 3. The molecule has 148 valence electrons. The Bertz CT molecular complexity index is 889. The summed E-state index contributed by atoms with van der Waals surface area (Å²) in [7, 11) is 1.59. The van der Waals surface area contributed by atoms with Crippen LogP contribution in [0.25, 0.3) is 0 Å². The molecule has 1 aliphatic rings. The number of nitrogens with one attached hydrogen (secondary N) is 1. The zero-order valence-electron chi connectivity index (χ0n) is 16.7. The van der Waals surface area contributed by atoms with E-state index in [0.717, 1.165) is 11.3 Å². The van der Waals surface area contributed by atoms with Crippen LogP contribution in [0.2, 0.25) is 0 Å². The highest BCUT2D eigenvalue weighted by molar-refractivity contribution is 6.03. The molecule has 7 heteroatoms. The quantitative estimate of drug-likeness (QED) is 0.862. The molecule has 0 saturated carbocycles. The molecule has 3 rings (SSSR count). The summed E-state index contributed by atoms with van der Waals surface area (Å²) in [6.07, 6.45) is 2.15. The second-order valence-electron chi connectivity index (χ2n) is 7.01. The maximum absolute atomic E-state index is 12.9. The molecule has 1 aliphatic heterocycles. The van der Waals surface area contributed by atoms with Gasteiger partial charge in [0, 0.05) is 20.0 Å². The molecule has 1 atom stereocenters. The highest BCUT2D eigenvalue weighted by Gasteiger charge is 2.35. The van der Waals surface area contributed by atoms with Gasteiger partial charge < -0.3 is 14.6 Å². The summed E-state index contributed by atoms with van der Waals surface area (Å²) in [5.74, 6) is 0.422. The Balaban J connectivity index is 1.85.